The lowest BCUT2D eigenvalue weighted by molar-refractivity contribution is 0.0479. The molecule has 1 aliphatic heterocycles. The van der Waals surface area contributed by atoms with Gasteiger partial charge in [0.2, 0.25) is 5.78 Å². The van der Waals surface area contributed by atoms with E-state index in [-0.39, 0.29) is 18.5 Å². The van der Waals surface area contributed by atoms with Crippen LogP contribution in [-0.4, -0.2) is 35.6 Å². The van der Waals surface area contributed by atoms with Gasteiger partial charge in [0, 0.05) is 35.0 Å². The van der Waals surface area contributed by atoms with Crippen molar-refractivity contribution in [1.82, 2.24) is 4.57 Å². The Kier molecular flexibility index (Phi) is 5.39. The fraction of sp³-hybridized carbons (Fsp3) is 0.474. The molecule has 0 aliphatic carbocycles. The molecule has 3 heterocycles. The minimum absolute atomic E-state index is 0.173. The Morgan fingerprint density at radius 2 is 2.12 bits per heavy atom. The van der Waals surface area contributed by atoms with Crippen LogP contribution in [0.25, 0.3) is 0 Å². The number of rotatable bonds is 6. The molecular formula is C19H23NO4S. The Morgan fingerprint density at radius 3 is 2.76 bits per heavy atom. The third kappa shape index (κ3) is 4.02. The van der Waals surface area contributed by atoms with Gasteiger partial charge in [0.05, 0.1) is 6.10 Å². The average Bonchev–Trinajstić information content (AvgIpc) is 3.30. The molecule has 0 saturated carbocycles. The number of ether oxygens (including phenoxy) is 2. The van der Waals surface area contributed by atoms with E-state index in [1.165, 1.54) is 11.3 Å². The third-order valence-corrected chi connectivity index (χ3v) is 5.54. The number of esters is 1. The number of aromatic nitrogens is 1. The van der Waals surface area contributed by atoms with Crippen molar-refractivity contribution in [3.8, 4) is 0 Å². The molecule has 1 aliphatic rings. The summed E-state index contributed by atoms with van der Waals surface area (Å²) in [6.45, 7) is 7.18. The minimum atomic E-state index is -0.445. The molecule has 1 fully saturated rings. The monoisotopic (exact) mass is 361 g/mol. The van der Waals surface area contributed by atoms with Gasteiger partial charge in [-0.2, -0.15) is 0 Å². The number of aryl methyl sites for hydroxylation is 2. The van der Waals surface area contributed by atoms with Gasteiger partial charge in [-0.05, 0) is 51.8 Å². The minimum Gasteiger partial charge on any atom is -0.453 e. The van der Waals surface area contributed by atoms with Crippen molar-refractivity contribution in [2.45, 2.75) is 46.3 Å². The highest BCUT2D eigenvalue weighted by Gasteiger charge is 2.22. The summed E-state index contributed by atoms with van der Waals surface area (Å²) in [5.74, 6) is -0.618. The molecule has 1 atom stereocenters. The van der Waals surface area contributed by atoms with Gasteiger partial charge in [-0.25, -0.2) is 4.79 Å². The largest absolute Gasteiger partial charge is 0.453 e. The van der Waals surface area contributed by atoms with E-state index in [2.05, 4.69) is 4.57 Å². The zero-order valence-electron chi connectivity index (χ0n) is 14.8. The summed E-state index contributed by atoms with van der Waals surface area (Å²) in [5, 5.41) is 0. The summed E-state index contributed by atoms with van der Waals surface area (Å²) >= 11 is 1.37. The topological polar surface area (TPSA) is 57.5 Å². The SMILES string of the molecule is Cc1ccc(C(=O)OCC(=O)c2cc(C)n(CC3CCCO3)c2C)s1. The second-order valence-electron chi connectivity index (χ2n) is 6.44. The molecule has 3 rings (SSSR count). The molecule has 0 amide bonds. The van der Waals surface area contributed by atoms with Crippen LogP contribution in [0.3, 0.4) is 0 Å². The van der Waals surface area contributed by atoms with Crippen LogP contribution in [0.5, 0.6) is 0 Å². The highest BCUT2D eigenvalue weighted by molar-refractivity contribution is 7.13. The Balaban J connectivity index is 1.64. The van der Waals surface area contributed by atoms with Crippen LogP contribution in [-0.2, 0) is 16.0 Å². The number of thiophene rings is 1. The maximum Gasteiger partial charge on any atom is 0.348 e. The molecule has 0 radical (unpaired) electrons. The van der Waals surface area contributed by atoms with E-state index < -0.39 is 5.97 Å². The number of hydrogen-bond acceptors (Lipinski definition) is 5. The highest BCUT2D eigenvalue weighted by atomic mass is 32.1. The van der Waals surface area contributed by atoms with E-state index in [4.69, 9.17) is 9.47 Å². The molecule has 1 saturated heterocycles. The summed E-state index contributed by atoms with van der Waals surface area (Å²) in [6, 6.07) is 5.46. The van der Waals surface area contributed by atoms with Crippen molar-refractivity contribution in [3.63, 3.8) is 0 Å². The van der Waals surface area contributed by atoms with E-state index in [0.29, 0.717) is 10.4 Å². The van der Waals surface area contributed by atoms with Gasteiger partial charge in [-0.1, -0.05) is 0 Å². The van der Waals surface area contributed by atoms with Gasteiger partial charge in [-0.3, -0.25) is 4.79 Å². The van der Waals surface area contributed by atoms with Crippen LogP contribution in [0.15, 0.2) is 18.2 Å². The summed E-state index contributed by atoms with van der Waals surface area (Å²) in [7, 11) is 0. The lowest BCUT2D eigenvalue weighted by atomic mass is 10.1. The maximum absolute atomic E-state index is 12.5. The van der Waals surface area contributed by atoms with Crippen LogP contribution in [0.1, 0.15) is 49.1 Å². The number of hydrogen-bond donors (Lipinski definition) is 0. The first kappa shape index (κ1) is 17.9. The molecule has 1 unspecified atom stereocenters. The van der Waals surface area contributed by atoms with E-state index in [9.17, 15) is 9.59 Å². The lowest BCUT2D eigenvalue weighted by Crippen LogP contribution is -2.18. The van der Waals surface area contributed by atoms with Gasteiger partial charge in [0.1, 0.15) is 4.88 Å². The Labute approximate surface area is 151 Å². The molecule has 5 nitrogen and oxygen atoms in total. The van der Waals surface area contributed by atoms with E-state index in [1.54, 1.807) is 6.07 Å². The molecule has 0 N–H and O–H groups in total. The zero-order valence-corrected chi connectivity index (χ0v) is 15.6. The van der Waals surface area contributed by atoms with E-state index in [1.807, 2.05) is 32.9 Å². The second-order valence-corrected chi connectivity index (χ2v) is 7.73. The van der Waals surface area contributed by atoms with Crippen molar-refractivity contribution in [3.05, 3.63) is 44.9 Å². The predicted molar refractivity (Wildman–Crippen MR) is 96.5 cm³/mol. The van der Waals surface area contributed by atoms with Crippen molar-refractivity contribution in [2.24, 2.45) is 0 Å². The first-order valence-corrected chi connectivity index (χ1v) is 9.32. The molecular weight excluding hydrogens is 338 g/mol. The van der Waals surface area contributed by atoms with Crippen LogP contribution in [0, 0.1) is 20.8 Å². The molecule has 0 aromatic carbocycles. The van der Waals surface area contributed by atoms with Crippen LogP contribution >= 0.6 is 11.3 Å². The van der Waals surface area contributed by atoms with Crippen molar-refractivity contribution < 1.29 is 19.1 Å². The third-order valence-electron chi connectivity index (χ3n) is 4.56. The normalized spacial score (nSPS) is 17.0. The first-order chi connectivity index (χ1) is 12.0. The van der Waals surface area contributed by atoms with Gasteiger partial charge in [0.25, 0.3) is 0 Å². The molecule has 2 aromatic rings. The van der Waals surface area contributed by atoms with Crippen LogP contribution in [0.2, 0.25) is 0 Å². The predicted octanol–water partition coefficient (Wildman–Crippen LogP) is 3.69. The second kappa shape index (κ2) is 7.54. The van der Waals surface area contributed by atoms with Crippen LogP contribution in [0.4, 0.5) is 0 Å². The fourth-order valence-electron chi connectivity index (χ4n) is 3.18. The molecule has 25 heavy (non-hydrogen) atoms. The number of carbonyl (C=O) groups excluding carboxylic acids is 2. The van der Waals surface area contributed by atoms with Crippen LogP contribution < -0.4 is 0 Å². The highest BCUT2D eigenvalue weighted by Crippen LogP contribution is 2.21. The van der Waals surface area contributed by atoms with E-state index >= 15 is 0 Å². The molecule has 0 spiro atoms. The van der Waals surface area contributed by atoms with Gasteiger partial charge in [-0.15, -0.1) is 11.3 Å². The van der Waals surface area contributed by atoms with E-state index in [0.717, 1.165) is 42.3 Å². The summed E-state index contributed by atoms with van der Waals surface area (Å²) in [6.07, 6.45) is 2.36. The number of ketones is 1. The van der Waals surface area contributed by atoms with Gasteiger partial charge < -0.3 is 14.0 Å². The summed E-state index contributed by atoms with van der Waals surface area (Å²) in [4.78, 5) is 26.0. The van der Waals surface area contributed by atoms with Gasteiger partial charge in [0.15, 0.2) is 6.61 Å². The van der Waals surface area contributed by atoms with Crippen molar-refractivity contribution in [1.29, 1.82) is 0 Å². The van der Waals surface area contributed by atoms with Gasteiger partial charge >= 0.3 is 5.97 Å². The standard InChI is InChI=1S/C19H23NO4S/c1-12-9-16(14(3)20(12)10-15-5-4-8-23-15)17(21)11-24-19(22)18-7-6-13(2)25-18/h6-7,9,15H,4-5,8,10-11H2,1-3H3. The molecule has 6 heteroatoms. The Morgan fingerprint density at radius 1 is 1.32 bits per heavy atom. The zero-order chi connectivity index (χ0) is 18.0. The smallest absolute Gasteiger partial charge is 0.348 e. The summed E-state index contributed by atoms with van der Waals surface area (Å²) in [5.41, 5.74) is 2.54. The average molecular weight is 361 g/mol. The Bertz CT molecular complexity index is 783. The maximum atomic E-state index is 12.5. The Hall–Kier alpha value is -1.92. The number of carbonyl (C=O) groups is 2. The quantitative estimate of drug-likeness (QED) is 0.582. The fourth-order valence-corrected chi connectivity index (χ4v) is 3.94. The first-order valence-electron chi connectivity index (χ1n) is 8.51. The summed E-state index contributed by atoms with van der Waals surface area (Å²) < 4.78 is 13.0. The van der Waals surface area contributed by atoms with Crippen molar-refractivity contribution >= 4 is 23.1 Å². The lowest BCUT2D eigenvalue weighted by Gasteiger charge is -2.14. The molecule has 134 valence electrons. The molecule has 0 bridgehead atoms. The molecule has 2 aromatic heterocycles. The number of Topliss-reactive ketones (excluding diaryl/α,β-unsaturated/α-hetero) is 1. The number of nitrogens with zero attached hydrogens (tertiary/aromatic N) is 1. The van der Waals surface area contributed by atoms with Crippen molar-refractivity contribution in [2.75, 3.05) is 13.2 Å².